The number of rotatable bonds is 7. The Balaban J connectivity index is 2.72. The van der Waals surface area contributed by atoms with Crippen molar-refractivity contribution in [2.75, 3.05) is 15.8 Å². The standard InChI is InChI=1S/C12H15ClN2O5S/c1-8(16)14-11-5-4-9(7-10(11)13)15-21(19,20)6-2-3-12(17)18/h4-5,7,15H,2-3,6H2,1H3,(H,14,16)(H,17,18). The molecule has 0 aromatic heterocycles. The predicted octanol–water partition coefficient (Wildman–Crippen LogP) is 1.90. The van der Waals surface area contributed by atoms with E-state index >= 15 is 0 Å². The zero-order valence-corrected chi connectivity index (χ0v) is 12.8. The highest BCUT2D eigenvalue weighted by Gasteiger charge is 2.12. The van der Waals surface area contributed by atoms with Crippen LogP contribution in [0.4, 0.5) is 11.4 Å². The number of carboxylic acids is 1. The van der Waals surface area contributed by atoms with E-state index in [-0.39, 0.29) is 35.2 Å². The zero-order chi connectivity index (χ0) is 16.0. The van der Waals surface area contributed by atoms with Gasteiger partial charge in [-0.2, -0.15) is 0 Å². The van der Waals surface area contributed by atoms with Crippen LogP contribution in [0.5, 0.6) is 0 Å². The summed E-state index contributed by atoms with van der Waals surface area (Å²) in [5, 5.41) is 11.2. The molecular weight excluding hydrogens is 320 g/mol. The number of hydrogen-bond donors (Lipinski definition) is 3. The van der Waals surface area contributed by atoms with Gasteiger partial charge in [-0.05, 0) is 24.6 Å². The second-order valence-corrected chi connectivity index (χ2v) is 6.54. The van der Waals surface area contributed by atoms with Crippen LogP contribution in [-0.4, -0.2) is 31.2 Å². The van der Waals surface area contributed by atoms with Gasteiger partial charge in [-0.1, -0.05) is 11.6 Å². The number of aliphatic carboxylic acids is 1. The van der Waals surface area contributed by atoms with E-state index in [2.05, 4.69) is 10.0 Å². The van der Waals surface area contributed by atoms with E-state index in [1.165, 1.54) is 25.1 Å². The molecule has 0 saturated carbocycles. The van der Waals surface area contributed by atoms with Crippen LogP contribution >= 0.6 is 11.6 Å². The Morgan fingerprint density at radius 2 is 2.00 bits per heavy atom. The Hall–Kier alpha value is -1.80. The quantitative estimate of drug-likeness (QED) is 0.705. The fourth-order valence-corrected chi connectivity index (χ4v) is 2.85. The molecule has 0 unspecified atom stereocenters. The van der Waals surface area contributed by atoms with Gasteiger partial charge in [0.15, 0.2) is 0 Å². The molecule has 0 aliphatic carbocycles. The van der Waals surface area contributed by atoms with Crippen LogP contribution in [0.15, 0.2) is 18.2 Å². The Morgan fingerprint density at radius 1 is 1.33 bits per heavy atom. The first kappa shape index (κ1) is 17.3. The molecule has 3 N–H and O–H groups in total. The van der Waals surface area contributed by atoms with Crippen LogP contribution < -0.4 is 10.0 Å². The number of sulfonamides is 1. The van der Waals surface area contributed by atoms with Crippen molar-refractivity contribution in [1.29, 1.82) is 0 Å². The summed E-state index contributed by atoms with van der Waals surface area (Å²) in [4.78, 5) is 21.3. The van der Waals surface area contributed by atoms with Gasteiger partial charge in [-0.15, -0.1) is 0 Å². The molecule has 0 heterocycles. The van der Waals surface area contributed by atoms with Crippen molar-refractivity contribution in [2.24, 2.45) is 0 Å². The number of hydrogen-bond acceptors (Lipinski definition) is 4. The largest absolute Gasteiger partial charge is 0.481 e. The van der Waals surface area contributed by atoms with Crippen molar-refractivity contribution < 1.29 is 23.1 Å². The maximum absolute atomic E-state index is 11.7. The predicted molar refractivity (Wildman–Crippen MR) is 80.0 cm³/mol. The van der Waals surface area contributed by atoms with E-state index in [0.717, 1.165) is 0 Å². The molecule has 0 spiro atoms. The summed E-state index contributed by atoms with van der Waals surface area (Å²) >= 11 is 5.92. The van der Waals surface area contributed by atoms with E-state index < -0.39 is 16.0 Å². The van der Waals surface area contributed by atoms with E-state index in [1.54, 1.807) is 0 Å². The average Bonchev–Trinajstić information content (AvgIpc) is 2.31. The van der Waals surface area contributed by atoms with Crippen molar-refractivity contribution >= 4 is 44.9 Å². The topological polar surface area (TPSA) is 113 Å². The number of nitrogens with one attached hydrogen (secondary N) is 2. The average molecular weight is 335 g/mol. The lowest BCUT2D eigenvalue weighted by molar-refractivity contribution is -0.137. The summed E-state index contributed by atoms with van der Waals surface area (Å²) < 4.78 is 25.8. The van der Waals surface area contributed by atoms with Gasteiger partial charge in [0.2, 0.25) is 15.9 Å². The first-order valence-electron chi connectivity index (χ1n) is 5.99. The molecule has 0 atom stereocenters. The van der Waals surface area contributed by atoms with E-state index in [0.29, 0.717) is 5.69 Å². The third kappa shape index (κ3) is 6.46. The summed E-state index contributed by atoms with van der Waals surface area (Å²) in [5.41, 5.74) is 0.613. The molecule has 0 fully saturated rings. The number of benzene rings is 1. The molecule has 21 heavy (non-hydrogen) atoms. The molecular formula is C12H15ClN2O5S. The normalized spacial score (nSPS) is 11.0. The van der Waals surface area contributed by atoms with Gasteiger partial charge in [-0.25, -0.2) is 8.42 Å². The Kier molecular flexibility index (Phi) is 5.98. The van der Waals surface area contributed by atoms with Gasteiger partial charge in [0.05, 0.1) is 22.2 Å². The number of halogens is 1. The Morgan fingerprint density at radius 3 is 2.52 bits per heavy atom. The van der Waals surface area contributed by atoms with Gasteiger partial charge in [0, 0.05) is 13.3 Å². The summed E-state index contributed by atoms with van der Waals surface area (Å²) in [6.45, 7) is 1.33. The highest BCUT2D eigenvalue weighted by Crippen LogP contribution is 2.26. The SMILES string of the molecule is CC(=O)Nc1ccc(NS(=O)(=O)CCCC(=O)O)cc1Cl. The molecule has 116 valence electrons. The van der Waals surface area contributed by atoms with Crippen LogP contribution in [-0.2, 0) is 19.6 Å². The van der Waals surface area contributed by atoms with Crippen LogP contribution in [0.2, 0.25) is 5.02 Å². The second-order valence-electron chi connectivity index (χ2n) is 4.29. The van der Waals surface area contributed by atoms with Gasteiger partial charge in [-0.3, -0.25) is 14.3 Å². The van der Waals surface area contributed by atoms with E-state index in [4.69, 9.17) is 16.7 Å². The number of carboxylic acid groups (broad SMARTS) is 1. The van der Waals surface area contributed by atoms with Crippen molar-refractivity contribution in [3.05, 3.63) is 23.2 Å². The lowest BCUT2D eigenvalue weighted by atomic mass is 10.3. The summed E-state index contributed by atoms with van der Waals surface area (Å²) in [6, 6.07) is 4.28. The molecule has 0 saturated heterocycles. The maximum atomic E-state index is 11.7. The van der Waals surface area contributed by atoms with E-state index in [9.17, 15) is 18.0 Å². The minimum Gasteiger partial charge on any atom is -0.481 e. The molecule has 0 aliphatic rings. The number of amides is 1. The lowest BCUT2D eigenvalue weighted by Crippen LogP contribution is -2.17. The first-order chi connectivity index (χ1) is 9.69. The Labute approximate surface area is 127 Å². The number of anilines is 2. The maximum Gasteiger partial charge on any atom is 0.303 e. The summed E-state index contributed by atoms with van der Waals surface area (Å²) in [7, 11) is -3.64. The van der Waals surface area contributed by atoms with Crippen molar-refractivity contribution in [3.63, 3.8) is 0 Å². The number of carbonyl (C=O) groups excluding carboxylic acids is 1. The molecule has 0 radical (unpaired) electrons. The molecule has 7 nitrogen and oxygen atoms in total. The molecule has 1 aromatic rings. The summed E-state index contributed by atoms with van der Waals surface area (Å²) in [6.07, 6.45) is -0.203. The highest BCUT2D eigenvalue weighted by molar-refractivity contribution is 7.92. The van der Waals surface area contributed by atoms with Crippen molar-refractivity contribution in [2.45, 2.75) is 19.8 Å². The lowest BCUT2D eigenvalue weighted by Gasteiger charge is -2.10. The fraction of sp³-hybridized carbons (Fsp3) is 0.333. The monoisotopic (exact) mass is 334 g/mol. The molecule has 0 bridgehead atoms. The van der Waals surface area contributed by atoms with Gasteiger partial charge >= 0.3 is 5.97 Å². The zero-order valence-electron chi connectivity index (χ0n) is 11.2. The van der Waals surface area contributed by atoms with Crippen LogP contribution in [0.1, 0.15) is 19.8 Å². The van der Waals surface area contributed by atoms with Gasteiger partial charge in [0.25, 0.3) is 0 Å². The third-order valence-corrected chi connectivity index (χ3v) is 4.04. The van der Waals surface area contributed by atoms with Crippen molar-refractivity contribution in [3.8, 4) is 0 Å². The summed E-state index contributed by atoms with van der Waals surface area (Å²) in [5.74, 6) is -1.64. The third-order valence-electron chi connectivity index (χ3n) is 2.36. The van der Waals surface area contributed by atoms with E-state index in [1.807, 2.05) is 0 Å². The highest BCUT2D eigenvalue weighted by atomic mass is 35.5. The van der Waals surface area contributed by atoms with Crippen molar-refractivity contribution in [1.82, 2.24) is 0 Å². The fourth-order valence-electron chi connectivity index (χ4n) is 1.51. The molecule has 1 rings (SSSR count). The second kappa shape index (κ2) is 7.28. The van der Waals surface area contributed by atoms with Crippen LogP contribution in [0.25, 0.3) is 0 Å². The molecule has 9 heteroatoms. The number of carbonyl (C=O) groups is 2. The minimum absolute atomic E-state index is 0.0162. The molecule has 0 aliphatic heterocycles. The van der Waals surface area contributed by atoms with Gasteiger partial charge < -0.3 is 10.4 Å². The molecule has 1 amide bonds. The smallest absolute Gasteiger partial charge is 0.303 e. The molecule has 1 aromatic carbocycles. The first-order valence-corrected chi connectivity index (χ1v) is 8.02. The van der Waals surface area contributed by atoms with Crippen LogP contribution in [0.3, 0.4) is 0 Å². The van der Waals surface area contributed by atoms with Crippen LogP contribution in [0, 0.1) is 0 Å². The van der Waals surface area contributed by atoms with Gasteiger partial charge in [0.1, 0.15) is 0 Å². The Bertz CT molecular complexity index is 645. The minimum atomic E-state index is -3.64.